The Morgan fingerprint density at radius 2 is 1.58 bits per heavy atom. The highest BCUT2D eigenvalue weighted by atomic mass is 16.2. The van der Waals surface area contributed by atoms with Crippen molar-refractivity contribution in [3.63, 3.8) is 0 Å². The van der Waals surface area contributed by atoms with Crippen LogP contribution >= 0.6 is 0 Å². The summed E-state index contributed by atoms with van der Waals surface area (Å²) in [5, 5.41) is 2.92. The Kier molecular flexibility index (Phi) is 5.71. The van der Waals surface area contributed by atoms with E-state index < -0.39 is 0 Å². The van der Waals surface area contributed by atoms with Crippen LogP contribution in [0.3, 0.4) is 0 Å². The van der Waals surface area contributed by atoms with E-state index in [4.69, 9.17) is 0 Å². The fourth-order valence-electron chi connectivity index (χ4n) is 3.30. The second-order valence-electron chi connectivity index (χ2n) is 7.01. The lowest BCUT2D eigenvalue weighted by molar-refractivity contribution is 0.0762. The number of hydrogen-bond acceptors (Lipinski definition) is 2. The first-order valence-electron chi connectivity index (χ1n) is 9.33. The van der Waals surface area contributed by atoms with Gasteiger partial charge in [-0.3, -0.25) is 9.59 Å². The minimum Gasteiger partial charge on any atom is -0.339 e. The van der Waals surface area contributed by atoms with Gasteiger partial charge >= 0.3 is 0 Å². The molecule has 1 N–H and O–H groups in total. The molecule has 0 aromatic heterocycles. The molecule has 1 fully saturated rings. The maximum Gasteiger partial charge on any atom is 0.255 e. The van der Waals surface area contributed by atoms with Crippen LogP contribution in [0.4, 0.5) is 5.69 Å². The Balaban J connectivity index is 1.81. The first-order chi connectivity index (χ1) is 12.6. The van der Waals surface area contributed by atoms with Crippen molar-refractivity contribution >= 4 is 17.5 Å². The van der Waals surface area contributed by atoms with Crippen molar-refractivity contribution in [3.05, 3.63) is 64.7 Å². The van der Waals surface area contributed by atoms with E-state index in [1.807, 2.05) is 49.1 Å². The quantitative estimate of drug-likeness (QED) is 0.881. The van der Waals surface area contributed by atoms with Crippen molar-refractivity contribution in [1.82, 2.24) is 4.90 Å². The normalized spacial score (nSPS) is 14.6. The lowest BCUT2D eigenvalue weighted by atomic mass is 10.1. The van der Waals surface area contributed by atoms with Gasteiger partial charge in [0.2, 0.25) is 0 Å². The van der Waals surface area contributed by atoms with Gasteiger partial charge in [0, 0.05) is 18.7 Å². The molecule has 2 aromatic rings. The van der Waals surface area contributed by atoms with Gasteiger partial charge in [0.25, 0.3) is 11.8 Å². The summed E-state index contributed by atoms with van der Waals surface area (Å²) in [5.41, 5.74) is 3.96. The SMILES string of the molecule is Cc1ccc(C(=O)Nc2ccccc2C(=O)N2CCCCCC2)cc1C. The van der Waals surface area contributed by atoms with E-state index in [0.29, 0.717) is 16.8 Å². The molecule has 0 bridgehead atoms. The third kappa shape index (κ3) is 4.13. The minimum absolute atomic E-state index is 0.00267. The van der Waals surface area contributed by atoms with Gasteiger partial charge in [0.05, 0.1) is 11.3 Å². The smallest absolute Gasteiger partial charge is 0.255 e. The summed E-state index contributed by atoms with van der Waals surface area (Å²) < 4.78 is 0. The van der Waals surface area contributed by atoms with Crippen LogP contribution in [-0.2, 0) is 0 Å². The molecule has 26 heavy (non-hydrogen) atoms. The highest BCUT2D eigenvalue weighted by Crippen LogP contribution is 2.21. The predicted octanol–water partition coefficient (Wildman–Crippen LogP) is 4.57. The third-order valence-electron chi connectivity index (χ3n) is 5.07. The molecular weight excluding hydrogens is 324 g/mol. The summed E-state index contributed by atoms with van der Waals surface area (Å²) in [7, 11) is 0. The Hall–Kier alpha value is -2.62. The number of carbonyl (C=O) groups excluding carboxylic acids is 2. The number of hydrogen-bond donors (Lipinski definition) is 1. The summed E-state index contributed by atoms with van der Waals surface area (Å²) in [6.07, 6.45) is 4.44. The number of nitrogens with one attached hydrogen (secondary N) is 1. The van der Waals surface area contributed by atoms with E-state index in [-0.39, 0.29) is 11.8 Å². The van der Waals surface area contributed by atoms with Gasteiger partial charge in [0.1, 0.15) is 0 Å². The van der Waals surface area contributed by atoms with Crippen LogP contribution in [0.1, 0.15) is 57.5 Å². The molecule has 0 radical (unpaired) electrons. The molecule has 1 heterocycles. The Bertz CT molecular complexity index is 806. The monoisotopic (exact) mass is 350 g/mol. The summed E-state index contributed by atoms with van der Waals surface area (Å²) in [6, 6.07) is 12.9. The fraction of sp³-hybridized carbons (Fsp3) is 0.364. The second-order valence-corrected chi connectivity index (χ2v) is 7.01. The van der Waals surface area contributed by atoms with E-state index in [0.717, 1.165) is 37.1 Å². The van der Waals surface area contributed by atoms with E-state index in [1.54, 1.807) is 12.1 Å². The highest BCUT2D eigenvalue weighted by molar-refractivity contribution is 6.09. The topological polar surface area (TPSA) is 49.4 Å². The number of aryl methyl sites for hydroxylation is 2. The van der Waals surface area contributed by atoms with Crippen molar-refractivity contribution in [1.29, 1.82) is 0 Å². The van der Waals surface area contributed by atoms with Gasteiger partial charge in [0.15, 0.2) is 0 Å². The van der Waals surface area contributed by atoms with E-state index in [9.17, 15) is 9.59 Å². The molecule has 1 saturated heterocycles. The number of carbonyl (C=O) groups is 2. The second kappa shape index (κ2) is 8.17. The molecule has 4 heteroatoms. The lowest BCUT2D eigenvalue weighted by Crippen LogP contribution is -2.32. The fourth-order valence-corrected chi connectivity index (χ4v) is 3.30. The molecule has 1 aliphatic rings. The molecule has 1 aliphatic heterocycles. The number of likely N-dealkylation sites (tertiary alicyclic amines) is 1. The molecular formula is C22H26N2O2. The van der Waals surface area contributed by atoms with Gasteiger partial charge in [-0.1, -0.05) is 31.0 Å². The van der Waals surface area contributed by atoms with Crippen molar-refractivity contribution in [2.75, 3.05) is 18.4 Å². The first-order valence-corrected chi connectivity index (χ1v) is 9.33. The Morgan fingerprint density at radius 3 is 2.27 bits per heavy atom. The number of rotatable bonds is 3. The zero-order chi connectivity index (χ0) is 18.5. The molecule has 0 atom stereocenters. The van der Waals surface area contributed by atoms with Gasteiger partial charge in [-0.05, 0) is 62.1 Å². The van der Waals surface area contributed by atoms with E-state index in [2.05, 4.69) is 5.32 Å². The maximum absolute atomic E-state index is 13.0. The number of nitrogens with zero attached hydrogens (tertiary/aromatic N) is 1. The van der Waals surface area contributed by atoms with Crippen molar-refractivity contribution in [2.24, 2.45) is 0 Å². The summed E-state index contributed by atoms with van der Waals surface area (Å²) in [5.74, 6) is -0.188. The molecule has 0 spiro atoms. The van der Waals surface area contributed by atoms with Crippen molar-refractivity contribution in [2.45, 2.75) is 39.5 Å². The number of benzene rings is 2. The molecule has 2 amide bonds. The largest absolute Gasteiger partial charge is 0.339 e. The Morgan fingerprint density at radius 1 is 0.885 bits per heavy atom. The average molecular weight is 350 g/mol. The predicted molar refractivity (Wildman–Crippen MR) is 105 cm³/mol. The molecule has 136 valence electrons. The summed E-state index contributed by atoms with van der Waals surface area (Å²) in [6.45, 7) is 5.59. The average Bonchev–Trinajstić information content (AvgIpc) is 2.93. The van der Waals surface area contributed by atoms with Crippen molar-refractivity contribution < 1.29 is 9.59 Å². The van der Waals surface area contributed by atoms with E-state index >= 15 is 0 Å². The molecule has 0 aliphatic carbocycles. The third-order valence-corrected chi connectivity index (χ3v) is 5.07. The number of amides is 2. The number of anilines is 1. The van der Waals surface area contributed by atoms with Crippen LogP contribution < -0.4 is 5.32 Å². The van der Waals surface area contributed by atoms with Crippen molar-refractivity contribution in [3.8, 4) is 0 Å². The summed E-state index contributed by atoms with van der Waals surface area (Å²) >= 11 is 0. The zero-order valence-electron chi connectivity index (χ0n) is 15.5. The van der Waals surface area contributed by atoms with Gasteiger partial charge in [-0.25, -0.2) is 0 Å². The van der Waals surface area contributed by atoms with Gasteiger partial charge in [-0.15, -0.1) is 0 Å². The van der Waals surface area contributed by atoms with Crippen LogP contribution in [0.15, 0.2) is 42.5 Å². The van der Waals surface area contributed by atoms with Crippen LogP contribution in [-0.4, -0.2) is 29.8 Å². The van der Waals surface area contributed by atoms with Crippen LogP contribution in [0, 0.1) is 13.8 Å². The number of para-hydroxylation sites is 1. The van der Waals surface area contributed by atoms with Crippen LogP contribution in [0.2, 0.25) is 0 Å². The molecule has 0 saturated carbocycles. The maximum atomic E-state index is 13.0. The standard InChI is InChI=1S/C22H26N2O2/c1-16-11-12-18(15-17(16)2)21(25)23-20-10-6-5-9-19(20)22(26)24-13-7-3-4-8-14-24/h5-6,9-12,15H,3-4,7-8,13-14H2,1-2H3,(H,23,25). The zero-order valence-corrected chi connectivity index (χ0v) is 15.5. The summed E-state index contributed by atoms with van der Waals surface area (Å²) in [4.78, 5) is 27.5. The lowest BCUT2D eigenvalue weighted by Gasteiger charge is -2.22. The Labute approximate surface area is 155 Å². The van der Waals surface area contributed by atoms with Crippen LogP contribution in [0.5, 0.6) is 0 Å². The molecule has 2 aromatic carbocycles. The first kappa shape index (κ1) is 18.2. The van der Waals surface area contributed by atoms with E-state index in [1.165, 1.54) is 12.8 Å². The molecule has 3 rings (SSSR count). The van der Waals surface area contributed by atoms with Gasteiger partial charge in [-0.2, -0.15) is 0 Å². The molecule has 0 unspecified atom stereocenters. The molecule has 4 nitrogen and oxygen atoms in total. The van der Waals surface area contributed by atoms with Gasteiger partial charge < -0.3 is 10.2 Å². The van der Waals surface area contributed by atoms with Crippen LogP contribution in [0.25, 0.3) is 0 Å². The minimum atomic E-state index is -0.191. The highest BCUT2D eigenvalue weighted by Gasteiger charge is 2.20.